The molecule has 157 valence electrons. The molecular formula is C23H28N5O2. The van der Waals surface area contributed by atoms with E-state index in [4.69, 9.17) is 9.84 Å². The molecule has 0 aliphatic carbocycles. The largest absolute Gasteiger partial charge is 0.379 e. The summed E-state index contributed by atoms with van der Waals surface area (Å²) in [4.78, 5) is 17.9. The second kappa shape index (κ2) is 8.24. The predicted octanol–water partition coefficient (Wildman–Crippen LogP) is 3.82. The van der Waals surface area contributed by atoms with Crippen LogP contribution >= 0.6 is 0 Å². The molecule has 30 heavy (non-hydrogen) atoms. The lowest BCUT2D eigenvalue weighted by molar-refractivity contribution is 0.103. The first-order valence-corrected chi connectivity index (χ1v) is 10.8. The van der Waals surface area contributed by atoms with Gasteiger partial charge in [0.25, 0.3) is 5.56 Å². The van der Waals surface area contributed by atoms with Crippen molar-refractivity contribution >= 4 is 22.4 Å². The highest BCUT2D eigenvalue weighted by atomic mass is 16.5. The first-order chi connectivity index (χ1) is 14.7. The highest BCUT2D eigenvalue weighted by molar-refractivity contribution is 5.91. The average molecular weight is 407 g/mol. The molecule has 2 aliphatic heterocycles. The molecule has 1 radical (unpaired) electrons. The second-order valence-corrected chi connectivity index (χ2v) is 8.22. The molecule has 0 amide bonds. The van der Waals surface area contributed by atoms with Gasteiger partial charge in [-0.15, -0.1) is 0 Å². The number of nitrogens with one attached hydrogen (secondary N) is 2. The third kappa shape index (κ3) is 3.63. The fourth-order valence-electron chi connectivity index (χ4n) is 4.53. The van der Waals surface area contributed by atoms with Crippen LogP contribution in [0.4, 0.5) is 11.5 Å². The molecule has 0 saturated carbocycles. The summed E-state index contributed by atoms with van der Waals surface area (Å²) in [5.74, 6) is 0.574. The number of rotatable bonds is 5. The molecule has 2 fully saturated rings. The lowest BCUT2D eigenvalue weighted by Gasteiger charge is -2.24. The van der Waals surface area contributed by atoms with Gasteiger partial charge in [-0.2, -0.15) is 5.10 Å². The third-order valence-corrected chi connectivity index (χ3v) is 6.27. The number of nitrogens with zero attached hydrogens (tertiary/aromatic N) is 3. The van der Waals surface area contributed by atoms with E-state index in [9.17, 15) is 4.79 Å². The van der Waals surface area contributed by atoms with Crippen molar-refractivity contribution in [3.63, 3.8) is 0 Å². The molecule has 1 aromatic carbocycles. The lowest BCUT2D eigenvalue weighted by atomic mass is 10.1. The van der Waals surface area contributed by atoms with Gasteiger partial charge in [-0.1, -0.05) is 12.1 Å². The molecular weight excluding hydrogens is 378 g/mol. The van der Waals surface area contributed by atoms with Crippen LogP contribution < -0.4 is 10.9 Å². The highest BCUT2D eigenvalue weighted by Gasteiger charge is 2.23. The summed E-state index contributed by atoms with van der Waals surface area (Å²) in [7, 11) is 0. The quantitative estimate of drug-likeness (QED) is 0.674. The predicted molar refractivity (Wildman–Crippen MR) is 118 cm³/mol. The Balaban J connectivity index is 1.43. The lowest BCUT2D eigenvalue weighted by Crippen LogP contribution is -2.23. The first-order valence-electron chi connectivity index (χ1n) is 10.8. The van der Waals surface area contributed by atoms with Crippen LogP contribution in [0.5, 0.6) is 0 Å². The zero-order chi connectivity index (χ0) is 20.5. The maximum atomic E-state index is 12.6. The fourth-order valence-corrected chi connectivity index (χ4v) is 4.53. The van der Waals surface area contributed by atoms with Gasteiger partial charge in [-0.3, -0.25) is 14.4 Å². The Morgan fingerprint density at radius 3 is 2.67 bits per heavy atom. The Labute approximate surface area is 176 Å². The molecule has 2 aromatic heterocycles. The van der Waals surface area contributed by atoms with Crippen LogP contribution in [0.2, 0.25) is 0 Å². The smallest absolute Gasteiger partial charge is 0.261 e. The molecule has 1 atom stereocenters. The summed E-state index contributed by atoms with van der Waals surface area (Å²) in [6.45, 7) is 5.94. The normalized spacial score (nSPS) is 19.4. The van der Waals surface area contributed by atoms with E-state index in [1.54, 1.807) is 6.20 Å². The van der Waals surface area contributed by atoms with Crippen molar-refractivity contribution < 1.29 is 4.74 Å². The molecule has 7 nitrogen and oxygen atoms in total. The Morgan fingerprint density at radius 2 is 1.93 bits per heavy atom. The van der Waals surface area contributed by atoms with Crippen molar-refractivity contribution in [3.05, 3.63) is 58.5 Å². The molecule has 2 aliphatic rings. The highest BCUT2D eigenvalue weighted by Crippen LogP contribution is 2.29. The number of anilines is 2. The number of likely N-dealkylation sites (tertiary alicyclic amines) is 1. The van der Waals surface area contributed by atoms with Crippen molar-refractivity contribution in [1.82, 2.24) is 19.7 Å². The zero-order valence-electron chi connectivity index (χ0n) is 17.4. The zero-order valence-corrected chi connectivity index (χ0v) is 17.4. The van der Waals surface area contributed by atoms with E-state index >= 15 is 0 Å². The number of benzene rings is 1. The summed E-state index contributed by atoms with van der Waals surface area (Å²) >= 11 is 0. The van der Waals surface area contributed by atoms with Crippen LogP contribution in [0.15, 0.2) is 41.3 Å². The molecule has 2 N–H and O–H groups in total. The standard InChI is InChI=1S/C23H28N5O2/c1-16(27-12-2-3-13-27)17-6-8-18(9-7-17)25-22-21-20(10-11-24-23(21)29)28(26-22)19-5-4-14-30-15-19/h6-11,16H,2-5,12-15H2,1H3,(H,24,29)(H,25,26). The van der Waals surface area contributed by atoms with Gasteiger partial charge in [-0.05, 0) is 69.5 Å². The number of H-pyrrole nitrogens is 1. The van der Waals surface area contributed by atoms with Crippen LogP contribution in [0.3, 0.4) is 0 Å². The Morgan fingerprint density at radius 1 is 1.13 bits per heavy atom. The van der Waals surface area contributed by atoms with Crippen molar-refractivity contribution in [1.29, 1.82) is 0 Å². The Bertz CT molecular complexity index is 1060. The number of pyridine rings is 1. The molecule has 0 bridgehead atoms. The van der Waals surface area contributed by atoms with Gasteiger partial charge in [-0.25, -0.2) is 0 Å². The summed E-state index contributed by atoms with van der Waals surface area (Å²) in [6, 6.07) is 11.9. The van der Waals surface area contributed by atoms with E-state index in [0.717, 1.165) is 36.7 Å². The molecule has 7 heteroatoms. The number of hydrogen-bond acceptors (Lipinski definition) is 5. The Kier molecular flexibility index (Phi) is 5.31. The number of hydrogen-bond donors (Lipinski definition) is 2. The number of fused-ring (bicyclic) bond motifs is 1. The topological polar surface area (TPSA) is 75.2 Å². The number of ether oxygens (including phenoxy) is 1. The van der Waals surface area contributed by atoms with Crippen LogP contribution in [0.1, 0.15) is 44.2 Å². The van der Waals surface area contributed by atoms with Crippen LogP contribution in [0, 0.1) is 6.04 Å². The van der Waals surface area contributed by atoms with Crippen LogP contribution in [-0.2, 0) is 4.74 Å². The van der Waals surface area contributed by atoms with E-state index in [0.29, 0.717) is 23.9 Å². The summed E-state index contributed by atoms with van der Waals surface area (Å²) in [6.07, 6.45) is 6.15. The van der Waals surface area contributed by atoms with Crippen molar-refractivity contribution in [2.45, 2.75) is 38.6 Å². The number of aromatic amines is 1. The van der Waals surface area contributed by atoms with Crippen LogP contribution in [0.25, 0.3) is 10.9 Å². The summed E-state index contributed by atoms with van der Waals surface area (Å²) in [5.41, 5.74) is 2.90. The van der Waals surface area contributed by atoms with Gasteiger partial charge in [0.15, 0.2) is 5.82 Å². The van der Waals surface area contributed by atoms with Crippen LogP contribution in [-0.4, -0.2) is 46.0 Å². The van der Waals surface area contributed by atoms with E-state index in [1.807, 2.05) is 10.7 Å². The fraction of sp³-hybridized carbons (Fsp3) is 0.435. The van der Waals surface area contributed by atoms with E-state index in [1.165, 1.54) is 31.5 Å². The minimum atomic E-state index is -0.141. The van der Waals surface area contributed by atoms with E-state index < -0.39 is 0 Å². The second-order valence-electron chi connectivity index (χ2n) is 8.22. The van der Waals surface area contributed by atoms with Crippen molar-refractivity contribution in [3.8, 4) is 0 Å². The molecule has 0 spiro atoms. The molecule has 1 unspecified atom stereocenters. The third-order valence-electron chi connectivity index (χ3n) is 6.27. The van der Waals surface area contributed by atoms with E-state index in [2.05, 4.69) is 46.4 Å². The Hall–Kier alpha value is -2.64. The van der Waals surface area contributed by atoms with Gasteiger partial charge in [0.2, 0.25) is 0 Å². The summed E-state index contributed by atoms with van der Waals surface area (Å²) in [5, 5.41) is 8.69. The van der Waals surface area contributed by atoms with Gasteiger partial charge >= 0.3 is 0 Å². The number of aromatic nitrogens is 3. The van der Waals surface area contributed by atoms with Gasteiger partial charge < -0.3 is 15.0 Å². The first kappa shape index (κ1) is 19.3. The maximum Gasteiger partial charge on any atom is 0.261 e. The average Bonchev–Trinajstić information content (AvgIpc) is 3.44. The monoisotopic (exact) mass is 406 g/mol. The van der Waals surface area contributed by atoms with Gasteiger partial charge in [0.05, 0.1) is 12.1 Å². The van der Waals surface area contributed by atoms with Gasteiger partial charge in [0, 0.05) is 24.5 Å². The molecule has 4 heterocycles. The van der Waals surface area contributed by atoms with Crippen molar-refractivity contribution in [2.75, 3.05) is 31.6 Å². The molecule has 5 rings (SSSR count). The van der Waals surface area contributed by atoms with Gasteiger partial charge in [0.1, 0.15) is 11.4 Å². The van der Waals surface area contributed by atoms with E-state index in [-0.39, 0.29) is 5.56 Å². The minimum Gasteiger partial charge on any atom is -0.379 e. The molecule has 2 saturated heterocycles. The molecule has 3 aromatic rings. The minimum absolute atomic E-state index is 0.141. The maximum absolute atomic E-state index is 12.6. The van der Waals surface area contributed by atoms with Crippen molar-refractivity contribution in [2.24, 2.45) is 0 Å². The summed E-state index contributed by atoms with van der Waals surface area (Å²) < 4.78 is 7.48. The SMILES string of the molecule is CC(c1ccc(Nc2nn([C]3CCCOC3)c3cc[nH]c(=O)c23)cc1)N1CCCC1.